The van der Waals surface area contributed by atoms with Crippen molar-refractivity contribution in [1.29, 1.82) is 0 Å². The Labute approximate surface area is 133 Å². The van der Waals surface area contributed by atoms with Crippen LogP contribution in [-0.4, -0.2) is 31.4 Å². The Morgan fingerprint density at radius 3 is 2.35 bits per heavy atom. The molecule has 7 nitrogen and oxygen atoms in total. The maximum Gasteiger partial charge on any atom is 0.317 e. The van der Waals surface area contributed by atoms with Gasteiger partial charge in [0.05, 0.1) is 12.8 Å². The van der Waals surface area contributed by atoms with Crippen LogP contribution in [0.5, 0.6) is 0 Å². The average Bonchev–Trinajstić information content (AvgIpc) is 3.09. The number of anilines is 1. The minimum absolute atomic E-state index is 0.0679. The molecule has 1 heterocycles. The Bertz CT molecular complexity index is 812. The van der Waals surface area contributed by atoms with E-state index in [4.69, 9.17) is 0 Å². The normalized spacial score (nSPS) is 12.4. The molecule has 0 spiro atoms. The smallest absolute Gasteiger partial charge is 0.317 e. The van der Waals surface area contributed by atoms with Gasteiger partial charge >= 0.3 is 5.97 Å². The van der Waals surface area contributed by atoms with Gasteiger partial charge in [0, 0.05) is 12.4 Å². The summed E-state index contributed by atoms with van der Waals surface area (Å²) in [5.41, 5.74) is 0.0990. The maximum atomic E-state index is 12.6. The van der Waals surface area contributed by atoms with Crippen molar-refractivity contribution in [3.8, 4) is 0 Å². The molecule has 0 saturated heterocycles. The molecule has 1 aromatic carbocycles. The number of nitrogens with zero attached hydrogens (tertiary/aromatic N) is 1. The summed E-state index contributed by atoms with van der Waals surface area (Å²) in [5, 5.41) is 2.46. The van der Waals surface area contributed by atoms with E-state index in [1.165, 1.54) is 38.6 Å². The third kappa shape index (κ3) is 3.42. The first-order chi connectivity index (χ1) is 10.9. The van der Waals surface area contributed by atoms with Crippen LogP contribution in [0.3, 0.4) is 0 Å². The molecular weight excluding hydrogens is 320 g/mol. The van der Waals surface area contributed by atoms with E-state index >= 15 is 0 Å². The molecule has 122 valence electrons. The molecule has 0 radical (unpaired) electrons. The van der Waals surface area contributed by atoms with E-state index < -0.39 is 27.8 Å². The van der Waals surface area contributed by atoms with Gasteiger partial charge in [-0.1, -0.05) is 12.1 Å². The van der Waals surface area contributed by atoms with Gasteiger partial charge in [0.25, 0.3) is 10.0 Å². The molecule has 0 bridgehead atoms. The van der Waals surface area contributed by atoms with Gasteiger partial charge in [0.15, 0.2) is 0 Å². The molecular formula is C15H16N2O5S. The highest BCUT2D eigenvalue weighted by Gasteiger charge is 2.25. The van der Waals surface area contributed by atoms with E-state index in [1.807, 2.05) is 0 Å². The maximum absolute atomic E-state index is 12.6. The fraction of sp³-hybridized carbons (Fsp3) is 0.200. The lowest BCUT2D eigenvalue weighted by atomic mass is 10.1. The number of carbonyl (C=O) groups is 2. The lowest BCUT2D eigenvalue weighted by molar-refractivity contribution is -0.147. The third-order valence-electron chi connectivity index (χ3n) is 3.23. The van der Waals surface area contributed by atoms with Crippen molar-refractivity contribution in [1.82, 2.24) is 3.97 Å². The zero-order valence-electron chi connectivity index (χ0n) is 12.6. The summed E-state index contributed by atoms with van der Waals surface area (Å²) in [5.74, 6) is -2.40. The molecule has 0 aliphatic heterocycles. The van der Waals surface area contributed by atoms with E-state index in [-0.39, 0.29) is 10.6 Å². The van der Waals surface area contributed by atoms with E-state index in [0.29, 0.717) is 0 Å². The van der Waals surface area contributed by atoms with Crippen molar-refractivity contribution >= 4 is 27.6 Å². The number of benzene rings is 1. The van der Waals surface area contributed by atoms with Gasteiger partial charge in [-0.15, -0.1) is 0 Å². The average molecular weight is 336 g/mol. The molecule has 1 aromatic heterocycles. The molecule has 8 heteroatoms. The first-order valence-electron chi connectivity index (χ1n) is 6.74. The van der Waals surface area contributed by atoms with Gasteiger partial charge in [-0.3, -0.25) is 9.59 Å². The minimum Gasteiger partial charge on any atom is -0.468 e. The van der Waals surface area contributed by atoms with Crippen LogP contribution in [0.1, 0.15) is 6.92 Å². The van der Waals surface area contributed by atoms with Gasteiger partial charge in [-0.25, -0.2) is 12.4 Å². The molecule has 1 unspecified atom stereocenters. The molecule has 23 heavy (non-hydrogen) atoms. The van der Waals surface area contributed by atoms with Crippen LogP contribution in [0.25, 0.3) is 0 Å². The van der Waals surface area contributed by atoms with E-state index in [2.05, 4.69) is 10.1 Å². The van der Waals surface area contributed by atoms with Crippen molar-refractivity contribution in [2.45, 2.75) is 11.8 Å². The van der Waals surface area contributed by atoms with Crippen molar-refractivity contribution in [3.05, 3.63) is 48.8 Å². The van der Waals surface area contributed by atoms with E-state index in [9.17, 15) is 18.0 Å². The molecule has 2 rings (SSSR count). The lowest BCUT2D eigenvalue weighted by Crippen LogP contribution is -2.29. The van der Waals surface area contributed by atoms with Gasteiger partial charge in [0.1, 0.15) is 10.8 Å². The fourth-order valence-electron chi connectivity index (χ4n) is 1.91. The van der Waals surface area contributed by atoms with Crippen LogP contribution in [0.2, 0.25) is 0 Å². The SMILES string of the molecule is COC(=O)C(C)C(=O)Nc1ccccc1S(=O)(=O)n1cccc1. The van der Waals surface area contributed by atoms with E-state index in [1.54, 1.807) is 24.3 Å². The summed E-state index contributed by atoms with van der Waals surface area (Å²) in [6, 6.07) is 9.14. The highest BCUT2D eigenvalue weighted by atomic mass is 32.2. The molecule has 0 aliphatic carbocycles. The molecule has 0 saturated carbocycles. The van der Waals surface area contributed by atoms with E-state index in [0.717, 1.165) is 3.97 Å². The predicted molar refractivity (Wildman–Crippen MR) is 83.3 cm³/mol. The topological polar surface area (TPSA) is 94.5 Å². The zero-order chi connectivity index (χ0) is 17.0. The molecule has 1 atom stereocenters. The molecule has 1 amide bonds. The Kier molecular flexibility index (Phi) is 4.85. The van der Waals surface area contributed by atoms with Gasteiger partial charge in [-0.05, 0) is 31.2 Å². The van der Waals surface area contributed by atoms with Crippen LogP contribution in [0.4, 0.5) is 5.69 Å². The van der Waals surface area contributed by atoms with Crippen LogP contribution in [0.15, 0.2) is 53.7 Å². The number of hydrogen-bond donors (Lipinski definition) is 1. The number of rotatable bonds is 5. The fourth-order valence-corrected chi connectivity index (χ4v) is 3.25. The second-order valence-corrected chi connectivity index (χ2v) is 6.56. The summed E-state index contributed by atoms with van der Waals surface area (Å²) in [6.07, 6.45) is 2.79. The number of nitrogens with one attached hydrogen (secondary N) is 1. The largest absolute Gasteiger partial charge is 0.468 e. The van der Waals surface area contributed by atoms with Crippen molar-refractivity contribution in [2.24, 2.45) is 5.92 Å². The Balaban J connectivity index is 2.36. The second kappa shape index (κ2) is 6.66. The van der Waals surface area contributed by atoms with Gasteiger partial charge < -0.3 is 10.1 Å². The number of aromatic nitrogens is 1. The Morgan fingerprint density at radius 1 is 1.13 bits per heavy atom. The molecule has 0 fully saturated rings. The number of ether oxygens (including phenoxy) is 1. The Morgan fingerprint density at radius 2 is 1.74 bits per heavy atom. The van der Waals surface area contributed by atoms with Crippen LogP contribution < -0.4 is 5.32 Å². The standard InChI is InChI=1S/C15H16N2O5S/c1-11(15(19)22-2)14(18)16-12-7-3-4-8-13(12)23(20,21)17-9-5-6-10-17/h3-11H,1-2H3,(H,16,18). The number of methoxy groups -OCH3 is 1. The first kappa shape index (κ1) is 16.8. The second-order valence-electron chi connectivity index (χ2n) is 4.75. The predicted octanol–water partition coefficient (Wildman–Crippen LogP) is 1.47. The lowest BCUT2D eigenvalue weighted by Gasteiger charge is -2.14. The molecule has 2 aromatic rings. The highest BCUT2D eigenvalue weighted by Crippen LogP contribution is 2.24. The summed E-state index contributed by atoms with van der Waals surface area (Å²) in [4.78, 5) is 23.4. The van der Waals surface area contributed by atoms with Crippen molar-refractivity contribution in [3.63, 3.8) is 0 Å². The summed E-state index contributed by atoms with van der Waals surface area (Å²) >= 11 is 0. The monoisotopic (exact) mass is 336 g/mol. The number of carbonyl (C=O) groups excluding carboxylic acids is 2. The van der Waals surface area contributed by atoms with Crippen molar-refractivity contribution in [2.75, 3.05) is 12.4 Å². The molecule has 1 N–H and O–H groups in total. The number of para-hydroxylation sites is 1. The van der Waals surface area contributed by atoms with Crippen LogP contribution >= 0.6 is 0 Å². The Hall–Kier alpha value is -2.61. The minimum atomic E-state index is -3.84. The summed E-state index contributed by atoms with van der Waals surface area (Å²) < 4.78 is 30.7. The third-order valence-corrected chi connectivity index (χ3v) is 4.94. The van der Waals surface area contributed by atoms with Crippen LogP contribution in [-0.2, 0) is 24.3 Å². The zero-order valence-corrected chi connectivity index (χ0v) is 13.4. The van der Waals surface area contributed by atoms with Gasteiger partial charge in [0.2, 0.25) is 5.91 Å². The highest BCUT2D eigenvalue weighted by molar-refractivity contribution is 7.90. The quantitative estimate of drug-likeness (QED) is 0.659. The van der Waals surface area contributed by atoms with Gasteiger partial charge in [-0.2, -0.15) is 0 Å². The summed E-state index contributed by atoms with van der Waals surface area (Å²) in [6.45, 7) is 1.38. The van der Waals surface area contributed by atoms with Crippen LogP contribution in [0, 0.1) is 5.92 Å². The summed E-state index contributed by atoms with van der Waals surface area (Å²) in [7, 11) is -2.66. The number of amides is 1. The van der Waals surface area contributed by atoms with Crippen molar-refractivity contribution < 1.29 is 22.7 Å². The number of esters is 1. The first-order valence-corrected chi connectivity index (χ1v) is 8.18. The number of hydrogen-bond acceptors (Lipinski definition) is 5. The molecule has 0 aliphatic rings.